The van der Waals surface area contributed by atoms with Crippen molar-refractivity contribution in [3.05, 3.63) is 30.1 Å². The third-order valence-electron chi connectivity index (χ3n) is 3.26. The van der Waals surface area contributed by atoms with Crippen LogP contribution < -0.4 is 5.73 Å². The number of sulfonamides is 1. The topological polar surface area (TPSA) is 68.3 Å². The highest BCUT2D eigenvalue weighted by Gasteiger charge is 2.29. The lowest BCUT2D eigenvalue weighted by molar-refractivity contribution is 0.493. The number of nitrogens with zero attached hydrogens (tertiary/aromatic N) is 2. The number of likely N-dealkylation sites (N-methyl/N-ethyl adjacent to an activating group) is 1. The highest BCUT2D eigenvalue weighted by molar-refractivity contribution is 7.89. The van der Waals surface area contributed by atoms with Crippen molar-refractivity contribution in [1.82, 2.24) is 8.87 Å². The van der Waals surface area contributed by atoms with Gasteiger partial charge in [0.15, 0.2) is 0 Å². The van der Waals surface area contributed by atoms with Crippen molar-refractivity contribution in [2.45, 2.75) is 37.2 Å². The van der Waals surface area contributed by atoms with E-state index in [-0.39, 0.29) is 0 Å². The van der Waals surface area contributed by atoms with Crippen molar-refractivity contribution in [2.75, 3.05) is 13.6 Å². The molecular formula is C13H21N3O2S. The number of rotatable bonds is 6. The number of hydrogen-bond donors (Lipinski definition) is 1. The number of hydrogen-bond acceptors (Lipinski definition) is 3. The zero-order valence-corrected chi connectivity index (χ0v) is 12.3. The maximum Gasteiger partial charge on any atom is 0.244 e. The standard InChI is InChI=1S/C13H21N3O2S/c1-10(2)8-15(3)19(17,18)13-6-12(7-14)16(9-13)11-4-5-11/h6,9,11H,1,4-5,7-8,14H2,2-3H3. The summed E-state index contributed by atoms with van der Waals surface area (Å²) in [5.41, 5.74) is 7.38. The van der Waals surface area contributed by atoms with Crippen LogP contribution in [0.4, 0.5) is 0 Å². The van der Waals surface area contributed by atoms with Crippen molar-refractivity contribution in [1.29, 1.82) is 0 Å². The fourth-order valence-corrected chi connectivity index (χ4v) is 3.42. The van der Waals surface area contributed by atoms with Crippen LogP contribution in [0.2, 0.25) is 0 Å². The van der Waals surface area contributed by atoms with Crippen LogP contribution >= 0.6 is 0 Å². The maximum atomic E-state index is 12.4. The van der Waals surface area contributed by atoms with Gasteiger partial charge in [-0.25, -0.2) is 8.42 Å². The predicted molar refractivity (Wildman–Crippen MR) is 75.2 cm³/mol. The van der Waals surface area contributed by atoms with Gasteiger partial charge in [-0.05, 0) is 25.8 Å². The Morgan fingerprint density at radius 1 is 1.58 bits per heavy atom. The summed E-state index contributed by atoms with van der Waals surface area (Å²) < 4.78 is 28.2. The number of aromatic nitrogens is 1. The normalized spacial score (nSPS) is 16.0. The summed E-state index contributed by atoms with van der Waals surface area (Å²) in [5.74, 6) is 0. The van der Waals surface area contributed by atoms with Crippen molar-refractivity contribution >= 4 is 10.0 Å². The highest BCUT2D eigenvalue weighted by atomic mass is 32.2. The van der Waals surface area contributed by atoms with Crippen LogP contribution in [0, 0.1) is 0 Å². The highest BCUT2D eigenvalue weighted by Crippen LogP contribution is 2.37. The molecule has 0 aromatic carbocycles. The first-order valence-electron chi connectivity index (χ1n) is 6.37. The van der Waals surface area contributed by atoms with E-state index in [1.807, 2.05) is 11.5 Å². The lowest BCUT2D eigenvalue weighted by Crippen LogP contribution is -2.28. The molecule has 19 heavy (non-hydrogen) atoms. The lowest BCUT2D eigenvalue weighted by Gasteiger charge is -2.15. The molecule has 5 nitrogen and oxygen atoms in total. The summed E-state index contributed by atoms with van der Waals surface area (Å²) in [6.07, 6.45) is 3.91. The molecule has 1 aromatic rings. The predicted octanol–water partition coefficient (Wildman–Crippen LogP) is 1.48. The third kappa shape index (κ3) is 2.91. The SMILES string of the molecule is C=C(C)CN(C)S(=O)(=O)c1cc(CN)n(C2CC2)c1. The summed E-state index contributed by atoms with van der Waals surface area (Å²) in [4.78, 5) is 0.323. The first-order chi connectivity index (χ1) is 8.86. The molecule has 2 rings (SSSR count). The van der Waals surface area contributed by atoms with E-state index in [0.717, 1.165) is 24.1 Å². The molecule has 106 valence electrons. The first-order valence-corrected chi connectivity index (χ1v) is 7.81. The minimum Gasteiger partial charge on any atom is -0.346 e. The monoisotopic (exact) mass is 283 g/mol. The molecule has 6 heteroatoms. The molecule has 0 radical (unpaired) electrons. The molecule has 0 amide bonds. The Morgan fingerprint density at radius 2 is 2.21 bits per heavy atom. The van der Waals surface area contributed by atoms with E-state index in [2.05, 4.69) is 6.58 Å². The van der Waals surface area contributed by atoms with Gasteiger partial charge >= 0.3 is 0 Å². The van der Waals surface area contributed by atoms with Gasteiger partial charge < -0.3 is 10.3 Å². The summed E-state index contributed by atoms with van der Waals surface area (Å²) in [6, 6.07) is 2.11. The molecule has 1 fully saturated rings. The molecule has 0 atom stereocenters. The Hall–Kier alpha value is -1.11. The molecule has 2 N–H and O–H groups in total. The Balaban J connectivity index is 2.32. The zero-order valence-electron chi connectivity index (χ0n) is 11.5. The second-order valence-corrected chi connectivity index (χ2v) is 7.27. The average molecular weight is 283 g/mol. The van der Waals surface area contributed by atoms with E-state index in [1.165, 1.54) is 4.31 Å². The van der Waals surface area contributed by atoms with Crippen LogP contribution in [0.3, 0.4) is 0 Å². The molecule has 1 aliphatic rings. The molecule has 1 heterocycles. The lowest BCUT2D eigenvalue weighted by atomic mass is 10.4. The second kappa shape index (κ2) is 5.11. The quantitative estimate of drug-likeness (QED) is 0.804. The largest absolute Gasteiger partial charge is 0.346 e. The van der Waals surface area contributed by atoms with Gasteiger partial charge in [0.25, 0.3) is 0 Å². The molecule has 0 unspecified atom stereocenters. The fraction of sp³-hybridized carbons (Fsp3) is 0.538. The van der Waals surface area contributed by atoms with Gasteiger partial charge in [0, 0.05) is 38.1 Å². The van der Waals surface area contributed by atoms with E-state index in [1.54, 1.807) is 19.3 Å². The molecule has 1 aliphatic carbocycles. The number of nitrogens with two attached hydrogens (primary N) is 1. The van der Waals surface area contributed by atoms with Crippen LogP contribution in [0.5, 0.6) is 0 Å². The van der Waals surface area contributed by atoms with E-state index >= 15 is 0 Å². The zero-order chi connectivity index (χ0) is 14.2. The van der Waals surface area contributed by atoms with E-state index < -0.39 is 10.0 Å². The van der Waals surface area contributed by atoms with E-state index in [4.69, 9.17) is 5.73 Å². The van der Waals surface area contributed by atoms with Crippen LogP contribution in [-0.4, -0.2) is 30.9 Å². The fourth-order valence-electron chi connectivity index (χ4n) is 2.14. The average Bonchev–Trinajstić information content (AvgIpc) is 3.07. The maximum absolute atomic E-state index is 12.4. The van der Waals surface area contributed by atoms with E-state index in [0.29, 0.717) is 24.0 Å². The van der Waals surface area contributed by atoms with Gasteiger partial charge in [0.2, 0.25) is 10.0 Å². The van der Waals surface area contributed by atoms with Gasteiger partial charge in [-0.3, -0.25) is 0 Å². The Morgan fingerprint density at radius 3 is 2.68 bits per heavy atom. The molecule has 0 spiro atoms. The Labute approximate surface area is 114 Å². The van der Waals surface area contributed by atoms with Crippen LogP contribution in [-0.2, 0) is 16.6 Å². The summed E-state index contributed by atoms with van der Waals surface area (Å²) in [6.45, 7) is 6.25. The van der Waals surface area contributed by atoms with Crippen molar-refractivity contribution < 1.29 is 8.42 Å². The minimum absolute atomic E-state index is 0.323. The summed E-state index contributed by atoms with van der Waals surface area (Å²) >= 11 is 0. The van der Waals surface area contributed by atoms with Gasteiger partial charge in [0.1, 0.15) is 4.90 Å². The van der Waals surface area contributed by atoms with Crippen molar-refractivity contribution in [2.24, 2.45) is 5.73 Å². The first kappa shape index (κ1) is 14.3. The van der Waals surface area contributed by atoms with Gasteiger partial charge in [-0.2, -0.15) is 4.31 Å². The molecule has 0 saturated heterocycles. The van der Waals surface area contributed by atoms with Crippen LogP contribution in [0.25, 0.3) is 0 Å². The van der Waals surface area contributed by atoms with Crippen molar-refractivity contribution in [3.63, 3.8) is 0 Å². The smallest absolute Gasteiger partial charge is 0.244 e. The van der Waals surface area contributed by atoms with E-state index in [9.17, 15) is 8.42 Å². The van der Waals surface area contributed by atoms with Crippen LogP contribution in [0.1, 0.15) is 31.5 Å². The Bertz CT molecular complexity index is 585. The van der Waals surface area contributed by atoms with Gasteiger partial charge in [0.05, 0.1) is 0 Å². The van der Waals surface area contributed by atoms with Gasteiger partial charge in [-0.15, -0.1) is 0 Å². The molecule has 1 saturated carbocycles. The second-order valence-electron chi connectivity index (χ2n) is 5.23. The van der Waals surface area contributed by atoms with Gasteiger partial charge in [-0.1, -0.05) is 12.2 Å². The summed E-state index contributed by atoms with van der Waals surface area (Å²) in [5, 5.41) is 0. The summed E-state index contributed by atoms with van der Waals surface area (Å²) in [7, 11) is -1.89. The molecule has 0 bridgehead atoms. The Kier molecular flexibility index (Phi) is 3.85. The minimum atomic E-state index is -3.46. The van der Waals surface area contributed by atoms with Crippen LogP contribution in [0.15, 0.2) is 29.3 Å². The molecular weight excluding hydrogens is 262 g/mol. The molecule has 1 aromatic heterocycles. The van der Waals surface area contributed by atoms with Crippen molar-refractivity contribution in [3.8, 4) is 0 Å². The third-order valence-corrected chi connectivity index (χ3v) is 5.03. The molecule has 0 aliphatic heterocycles.